The summed E-state index contributed by atoms with van der Waals surface area (Å²) in [6.07, 6.45) is 70.6. The van der Waals surface area contributed by atoms with Gasteiger partial charge in [0.25, 0.3) is 0 Å². The molecule has 0 fully saturated rings. The van der Waals surface area contributed by atoms with Gasteiger partial charge in [0.1, 0.15) is 13.2 Å². The Morgan fingerprint density at radius 3 is 0.853 bits per heavy atom. The van der Waals surface area contributed by atoms with Crippen LogP contribution >= 0.6 is 0 Å². The van der Waals surface area contributed by atoms with Crippen LogP contribution in [0, 0.1) is 0 Å². The second kappa shape index (κ2) is 56.7. The van der Waals surface area contributed by atoms with Crippen LogP contribution in [0.2, 0.25) is 0 Å². The molecule has 1 atom stereocenters. The van der Waals surface area contributed by atoms with Gasteiger partial charge in [0, 0.05) is 19.3 Å². The molecule has 0 aliphatic heterocycles. The van der Waals surface area contributed by atoms with E-state index in [1.54, 1.807) is 0 Å². The quantitative estimate of drug-likeness (QED) is 0.0262. The van der Waals surface area contributed by atoms with E-state index >= 15 is 0 Å². The van der Waals surface area contributed by atoms with E-state index in [2.05, 4.69) is 81.5 Å². The fourth-order valence-corrected chi connectivity index (χ4v) is 8.30. The first-order valence-electron chi connectivity index (χ1n) is 29.3. The van der Waals surface area contributed by atoms with Crippen molar-refractivity contribution in [2.45, 2.75) is 303 Å². The minimum absolute atomic E-state index is 0.0792. The van der Waals surface area contributed by atoms with E-state index in [-0.39, 0.29) is 31.1 Å². The Balaban J connectivity index is 4.39. The normalized spacial score (nSPS) is 12.5. The molecule has 0 heterocycles. The van der Waals surface area contributed by atoms with E-state index < -0.39 is 6.10 Å². The van der Waals surface area contributed by atoms with Gasteiger partial charge >= 0.3 is 17.9 Å². The van der Waals surface area contributed by atoms with Crippen LogP contribution < -0.4 is 0 Å². The van der Waals surface area contributed by atoms with Crippen molar-refractivity contribution < 1.29 is 28.6 Å². The predicted molar refractivity (Wildman–Crippen MR) is 293 cm³/mol. The van der Waals surface area contributed by atoms with E-state index in [9.17, 15) is 14.4 Å². The number of unbranched alkanes of at least 4 members (excludes halogenated alkanes) is 32. The fourth-order valence-electron chi connectivity index (χ4n) is 8.30. The van der Waals surface area contributed by atoms with Crippen LogP contribution in [0.5, 0.6) is 0 Å². The third-order valence-corrected chi connectivity index (χ3v) is 12.7. The lowest BCUT2D eigenvalue weighted by Gasteiger charge is -2.18. The van der Waals surface area contributed by atoms with Gasteiger partial charge in [-0.05, 0) is 89.9 Å². The maximum Gasteiger partial charge on any atom is 0.306 e. The summed E-state index contributed by atoms with van der Waals surface area (Å²) in [5, 5.41) is 0. The van der Waals surface area contributed by atoms with E-state index in [0.717, 1.165) is 89.9 Å². The zero-order chi connectivity index (χ0) is 49.3. The number of rotatable bonds is 53. The molecule has 0 rings (SSSR count). The highest BCUT2D eigenvalue weighted by Crippen LogP contribution is 2.16. The number of allylic oxidation sites excluding steroid dienone is 10. The largest absolute Gasteiger partial charge is 0.462 e. The average Bonchev–Trinajstić information content (AvgIpc) is 3.34. The van der Waals surface area contributed by atoms with Crippen LogP contribution in [0.15, 0.2) is 60.8 Å². The van der Waals surface area contributed by atoms with Gasteiger partial charge in [-0.1, -0.05) is 248 Å². The Hall–Kier alpha value is -2.89. The standard InChI is InChI=1S/C62H110O6/c1-4-7-10-13-16-19-22-25-28-30-31-33-34-37-40-43-46-49-52-55-61(64)67-58-59(57-66-60(63)54-51-48-45-42-39-36-27-24-21-18-15-12-9-6-3)68-62(65)56-53-50-47-44-41-38-35-32-29-26-23-20-17-14-11-8-5-2/h16-17,19-20,25-26,28-29,31,33,59H,4-15,18,21-24,27,30,32,34-58H2,1-3H3/b19-16-,20-17-,28-25-,29-26-,33-31-/t59-/m1/s1. The minimum Gasteiger partial charge on any atom is -0.462 e. The Labute approximate surface area is 421 Å². The molecule has 0 saturated heterocycles. The predicted octanol–water partition coefficient (Wildman–Crippen LogP) is 19.6. The second-order valence-corrected chi connectivity index (χ2v) is 19.6. The van der Waals surface area contributed by atoms with E-state index in [1.807, 2.05) is 0 Å². The monoisotopic (exact) mass is 951 g/mol. The smallest absolute Gasteiger partial charge is 0.306 e. The fraction of sp³-hybridized carbons (Fsp3) is 0.790. The van der Waals surface area contributed by atoms with Gasteiger partial charge in [-0.15, -0.1) is 0 Å². The molecule has 0 saturated carbocycles. The van der Waals surface area contributed by atoms with Crippen molar-refractivity contribution in [3.05, 3.63) is 60.8 Å². The van der Waals surface area contributed by atoms with Crippen molar-refractivity contribution >= 4 is 17.9 Å². The van der Waals surface area contributed by atoms with Crippen LogP contribution in [0.25, 0.3) is 0 Å². The van der Waals surface area contributed by atoms with Crippen LogP contribution in [-0.2, 0) is 28.6 Å². The molecule has 68 heavy (non-hydrogen) atoms. The lowest BCUT2D eigenvalue weighted by atomic mass is 10.0. The minimum atomic E-state index is -0.782. The van der Waals surface area contributed by atoms with Gasteiger partial charge < -0.3 is 14.2 Å². The zero-order valence-electron chi connectivity index (χ0n) is 45.1. The van der Waals surface area contributed by atoms with Crippen molar-refractivity contribution in [2.75, 3.05) is 13.2 Å². The molecule has 0 spiro atoms. The third-order valence-electron chi connectivity index (χ3n) is 12.7. The molecule has 0 radical (unpaired) electrons. The number of carbonyl (C=O) groups excluding carboxylic acids is 3. The summed E-state index contributed by atoms with van der Waals surface area (Å²) in [5.74, 6) is -0.887. The van der Waals surface area contributed by atoms with Crippen molar-refractivity contribution in [3.63, 3.8) is 0 Å². The molecule has 0 aromatic rings. The van der Waals surface area contributed by atoms with Crippen molar-refractivity contribution in [2.24, 2.45) is 0 Å². The second-order valence-electron chi connectivity index (χ2n) is 19.6. The number of esters is 3. The molecule has 0 N–H and O–H groups in total. The van der Waals surface area contributed by atoms with Crippen LogP contribution in [0.4, 0.5) is 0 Å². The Kier molecular flexibility index (Phi) is 54.3. The summed E-state index contributed by atoms with van der Waals surface area (Å²) in [4.78, 5) is 38.2. The average molecular weight is 952 g/mol. The molecule has 0 aromatic heterocycles. The highest BCUT2D eigenvalue weighted by Gasteiger charge is 2.19. The zero-order valence-corrected chi connectivity index (χ0v) is 45.1. The van der Waals surface area contributed by atoms with Gasteiger partial charge in [0.05, 0.1) is 0 Å². The van der Waals surface area contributed by atoms with Gasteiger partial charge in [0.15, 0.2) is 6.10 Å². The molecule has 0 aliphatic carbocycles. The molecule has 0 bridgehead atoms. The number of carbonyl (C=O) groups is 3. The lowest BCUT2D eigenvalue weighted by molar-refractivity contribution is -0.167. The highest BCUT2D eigenvalue weighted by atomic mass is 16.6. The first-order chi connectivity index (χ1) is 33.5. The summed E-state index contributed by atoms with van der Waals surface area (Å²) in [7, 11) is 0. The molecular formula is C62H110O6. The molecule has 6 nitrogen and oxygen atoms in total. The van der Waals surface area contributed by atoms with Crippen LogP contribution in [0.3, 0.4) is 0 Å². The molecule has 0 aromatic carbocycles. The number of ether oxygens (including phenoxy) is 3. The molecular weight excluding hydrogens is 841 g/mol. The summed E-state index contributed by atoms with van der Waals surface area (Å²) in [5.41, 5.74) is 0. The summed E-state index contributed by atoms with van der Waals surface area (Å²) < 4.78 is 16.9. The molecule has 0 amide bonds. The SMILES string of the molecule is CCCCC/C=C\C/C=C\C/C=C\CCCCCCCCC(=O)OC[C@@H](COC(=O)CCCCCCCCCCCCCCCC)OC(=O)CCCCCCCCC/C=C\C/C=C\CCCCC. The molecule has 394 valence electrons. The molecule has 0 unspecified atom stereocenters. The first kappa shape index (κ1) is 65.1. The topological polar surface area (TPSA) is 78.9 Å². The third kappa shape index (κ3) is 54.1. The van der Waals surface area contributed by atoms with Gasteiger partial charge in [0.2, 0.25) is 0 Å². The van der Waals surface area contributed by atoms with Crippen LogP contribution in [-0.4, -0.2) is 37.2 Å². The highest BCUT2D eigenvalue weighted by molar-refractivity contribution is 5.71. The van der Waals surface area contributed by atoms with Gasteiger partial charge in [-0.3, -0.25) is 14.4 Å². The summed E-state index contributed by atoms with van der Waals surface area (Å²) in [6.45, 7) is 6.60. The van der Waals surface area contributed by atoms with Gasteiger partial charge in [-0.25, -0.2) is 0 Å². The molecule has 6 heteroatoms. The van der Waals surface area contributed by atoms with E-state index in [0.29, 0.717) is 19.3 Å². The van der Waals surface area contributed by atoms with E-state index in [4.69, 9.17) is 14.2 Å². The Morgan fingerprint density at radius 2 is 0.529 bits per heavy atom. The van der Waals surface area contributed by atoms with Crippen molar-refractivity contribution in [3.8, 4) is 0 Å². The van der Waals surface area contributed by atoms with Crippen LogP contribution in [0.1, 0.15) is 297 Å². The van der Waals surface area contributed by atoms with Crippen molar-refractivity contribution in [1.82, 2.24) is 0 Å². The number of hydrogen-bond donors (Lipinski definition) is 0. The van der Waals surface area contributed by atoms with Crippen molar-refractivity contribution in [1.29, 1.82) is 0 Å². The lowest BCUT2D eigenvalue weighted by Crippen LogP contribution is -2.30. The Bertz CT molecular complexity index is 1230. The number of hydrogen-bond acceptors (Lipinski definition) is 6. The summed E-state index contributed by atoms with van der Waals surface area (Å²) >= 11 is 0. The first-order valence-corrected chi connectivity index (χ1v) is 29.3. The van der Waals surface area contributed by atoms with Gasteiger partial charge in [-0.2, -0.15) is 0 Å². The Morgan fingerprint density at radius 1 is 0.294 bits per heavy atom. The van der Waals surface area contributed by atoms with E-state index in [1.165, 1.54) is 167 Å². The maximum atomic E-state index is 12.9. The maximum absolute atomic E-state index is 12.9. The molecule has 0 aliphatic rings. The summed E-state index contributed by atoms with van der Waals surface area (Å²) in [6, 6.07) is 0.